The second-order valence-corrected chi connectivity index (χ2v) is 5.97. The number of nitrogens with zero attached hydrogens (tertiary/aromatic N) is 3. The number of allylic oxidation sites excluding steroid dienone is 4. The van der Waals surface area contributed by atoms with Gasteiger partial charge in [-0.1, -0.05) is 35.5 Å². The summed E-state index contributed by atoms with van der Waals surface area (Å²) in [5.74, 6) is -1.50. The van der Waals surface area contributed by atoms with Crippen LogP contribution in [0.15, 0.2) is 57.2 Å². The average Bonchev–Trinajstić information content (AvgIpc) is 3.12. The van der Waals surface area contributed by atoms with Crippen LogP contribution in [0.4, 0.5) is 13.2 Å². The quantitative estimate of drug-likeness (QED) is 0.621. The maximum absolute atomic E-state index is 12.5. The fraction of sp³-hybridized carbons (Fsp3) is 0.222. The molecule has 0 bridgehead atoms. The van der Waals surface area contributed by atoms with Crippen molar-refractivity contribution in [2.45, 2.75) is 26.6 Å². The number of aromatic nitrogens is 2. The fourth-order valence-electron chi connectivity index (χ4n) is 2.38. The van der Waals surface area contributed by atoms with Gasteiger partial charge in [0.25, 0.3) is 0 Å². The zero-order valence-electron chi connectivity index (χ0n) is 14.6. The van der Waals surface area contributed by atoms with Gasteiger partial charge in [-0.3, -0.25) is 5.41 Å². The van der Waals surface area contributed by atoms with Crippen molar-refractivity contribution >= 4 is 11.4 Å². The predicted molar refractivity (Wildman–Crippen MR) is 94.3 cm³/mol. The minimum atomic E-state index is -4.67. The van der Waals surface area contributed by atoms with Crippen molar-refractivity contribution in [1.29, 1.82) is 5.41 Å². The maximum atomic E-state index is 12.5. The van der Waals surface area contributed by atoms with Crippen LogP contribution in [0.1, 0.15) is 25.3 Å². The maximum Gasteiger partial charge on any atom is 0.471 e. The molecule has 0 radical (unpaired) electrons. The van der Waals surface area contributed by atoms with Gasteiger partial charge in [-0.05, 0) is 36.6 Å². The van der Waals surface area contributed by atoms with Gasteiger partial charge in [0.1, 0.15) is 5.71 Å². The summed E-state index contributed by atoms with van der Waals surface area (Å²) >= 11 is 0. The SMILES string of the molecule is CC1=C(C)/C(=N/NCc2ccc(-c3noc(C(F)(F)F)n3)cc2)C(=N)C=C1. The number of nitrogens with one attached hydrogen (secondary N) is 2. The summed E-state index contributed by atoms with van der Waals surface area (Å²) in [6.45, 7) is 4.25. The zero-order valence-corrected chi connectivity index (χ0v) is 14.6. The van der Waals surface area contributed by atoms with Gasteiger partial charge in [0.15, 0.2) is 0 Å². The number of hydrogen-bond donors (Lipinski definition) is 2. The summed E-state index contributed by atoms with van der Waals surface area (Å²) in [6, 6.07) is 6.67. The van der Waals surface area contributed by atoms with Gasteiger partial charge in [-0.15, -0.1) is 0 Å². The number of benzene rings is 1. The van der Waals surface area contributed by atoms with Crippen LogP contribution in [0.3, 0.4) is 0 Å². The molecule has 140 valence electrons. The number of hydrogen-bond acceptors (Lipinski definition) is 6. The van der Waals surface area contributed by atoms with E-state index in [-0.39, 0.29) is 5.82 Å². The van der Waals surface area contributed by atoms with Gasteiger partial charge in [-0.2, -0.15) is 23.3 Å². The largest absolute Gasteiger partial charge is 0.471 e. The summed E-state index contributed by atoms with van der Waals surface area (Å²) in [5.41, 5.74) is 7.09. The summed E-state index contributed by atoms with van der Waals surface area (Å²) < 4.78 is 41.8. The highest BCUT2D eigenvalue weighted by Gasteiger charge is 2.38. The van der Waals surface area contributed by atoms with E-state index < -0.39 is 12.1 Å². The van der Waals surface area contributed by atoms with E-state index in [1.165, 1.54) is 0 Å². The smallest absolute Gasteiger partial charge is 0.329 e. The summed E-state index contributed by atoms with van der Waals surface area (Å²) in [5, 5.41) is 15.5. The number of alkyl halides is 3. The molecule has 1 heterocycles. The first-order valence-electron chi connectivity index (χ1n) is 8.01. The van der Waals surface area contributed by atoms with Gasteiger partial charge >= 0.3 is 12.1 Å². The molecule has 0 unspecified atom stereocenters. The van der Waals surface area contributed by atoms with Crippen molar-refractivity contribution < 1.29 is 17.7 Å². The van der Waals surface area contributed by atoms with Gasteiger partial charge < -0.3 is 9.95 Å². The third-order valence-electron chi connectivity index (χ3n) is 4.06. The highest BCUT2D eigenvalue weighted by molar-refractivity contribution is 6.51. The van der Waals surface area contributed by atoms with Gasteiger partial charge in [-0.25, -0.2) is 0 Å². The lowest BCUT2D eigenvalue weighted by atomic mass is 9.97. The highest BCUT2D eigenvalue weighted by atomic mass is 19.4. The van der Waals surface area contributed by atoms with E-state index in [1.54, 1.807) is 30.3 Å². The Morgan fingerprint density at radius 1 is 1.15 bits per heavy atom. The van der Waals surface area contributed by atoms with E-state index in [0.717, 1.165) is 16.7 Å². The first-order chi connectivity index (χ1) is 12.8. The van der Waals surface area contributed by atoms with E-state index in [0.29, 0.717) is 23.5 Å². The predicted octanol–water partition coefficient (Wildman–Crippen LogP) is 4.13. The third-order valence-corrected chi connectivity index (χ3v) is 4.06. The molecule has 3 rings (SSSR count). The Balaban J connectivity index is 1.66. The van der Waals surface area contributed by atoms with Crippen LogP contribution in [0, 0.1) is 5.41 Å². The van der Waals surface area contributed by atoms with E-state index in [4.69, 9.17) is 5.41 Å². The average molecular weight is 375 g/mol. The highest BCUT2D eigenvalue weighted by Crippen LogP contribution is 2.29. The summed E-state index contributed by atoms with van der Waals surface area (Å²) in [7, 11) is 0. The molecule has 9 heteroatoms. The van der Waals surface area contributed by atoms with Gasteiger partial charge in [0, 0.05) is 5.56 Å². The normalized spacial score (nSPS) is 16.3. The van der Waals surface area contributed by atoms with Crippen molar-refractivity contribution in [2.75, 3.05) is 0 Å². The standard InChI is InChI=1S/C18H16F3N5O/c1-10-3-8-14(22)15(11(10)2)25-23-9-12-4-6-13(7-5-12)16-24-17(27-26-16)18(19,20)21/h3-8,22-23H,9H2,1-2H3/b22-14?,25-15-. The van der Waals surface area contributed by atoms with Gasteiger partial charge in [0.2, 0.25) is 5.82 Å². The van der Waals surface area contributed by atoms with Crippen molar-refractivity contribution in [1.82, 2.24) is 15.6 Å². The third kappa shape index (κ3) is 4.13. The Hall–Kier alpha value is -3.23. The fourth-order valence-corrected chi connectivity index (χ4v) is 2.38. The van der Waals surface area contributed by atoms with Crippen molar-refractivity contribution in [3.8, 4) is 11.4 Å². The molecule has 1 aromatic carbocycles. The molecule has 0 amide bonds. The molecule has 1 aliphatic carbocycles. The van der Waals surface area contributed by atoms with Crippen LogP contribution in [-0.2, 0) is 12.7 Å². The lowest BCUT2D eigenvalue weighted by Gasteiger charge is -2.13. The number of halogens is 3. The lowest BCUT2D eigenvalue weighted by molar-refractivity contribution is -0.159. The van der Waals surface area contributed by atoms with Crippen LogP contribution in [0.5, 0.6) is 0 Å². The molecule has 0 fully saturated rings. The molecule has 1 aliphatic rings. The van der Waals surface area contributed by atoms with Crippen LogP contribution in [0.25, 0.3) is 11.4 Å². The van der Waals surface area contributed by atoms with Crippen LogP contribution in [-0.4, -0.2) is 21.6 Å². The van der Waals surface area contributed by atoms with E-state index in [9.17, 15) is 13.2 Å². The molecule has 2 N–H and O–H groups in total. The minimum Gasteiger partial charge on any atom is -0.329 e. The molecule has 2 aromatic rings. The topological polar surface area (TPSA) is 87.2 Å². The van der Waals surface area contributed by atoms with E-state index in [1.807, 2.05) is 19.9 Å². The van der Waals surface area contributed by atoms with Crippen molar-refractivity contribution in [3.05, 3.63) is 59.0 Å². The van der Waals surface area contributed by atoms with Crippen LogP contribution >= 0.6 is 0 Å². The first-order valence-corrected chi connectivity index (χ1v) is 8.01. The second kappa shape index (κ2) is 7.18. The zero-order chi connectivity index (χ0) is 19.6. The molecule has 0 spiro atoms. The monoisotopic (exact) mass is 375 g/mol. The molecule has 27 heavy (non-hydrogen) atoms. The molecular weight excluding hydrogens is 359 g/mol. The molecule has 0 atom stereocenters. The van der Waals surface area contributed by atoms with Crippen molar-refractivity contribution in [3.63, 3.8) is 0 Å². The minimum absolute atomic E-state index is 0.124. The first kappa shape index (κ1) is 18.6. The molecule has 6 nitrogen and oxygen atoms in total. The molecule has 0 saturated heterocycles. The molecule has 1 aromatic heterocycles. The number of rotatable bonds is 4. The Morgan fingerprint density at radius 2 is 1.85 bits per heavy atom. The Morgan fingerprint density at radius 3 is 2.48 bits per heavy atom. The Labute approximate surface area is 153 Å². The van der Waals surface area contributed by atoms with Crippen molar-refractivity contribution in [2.24, 2.45) is 5.10 Å². The Bertz CT molecular complexity index is 952. The van der Waals surface area contributed by atoms with E-state index >= 15 is 0 Å². The summed E-state index contributed by atoms with van der Waals surface area (Å²) in [4.78, 5) is 3.35. The van der Waals surface area contributed by atoms with Crippen LogP contribution < -0.4 is 5.43 Å². The van der Waals surface area contributed by atoms with E-state index in [2.05, 4.69) is 25.2 Å². The second-order valence-electron chi connectivity index (χ2n) is 5.97. The van der Waals surface area contributed by atoms with Crippen LogP contribution in [0.2, 0.25) is 0 Å². The molecule has 0 saturated carbocycles. The Kier molecular flexibility index (Phi) is 4.93. The number of hydrazone groups is 1. The summed E-state index contributed by atoms with van der Waals surface area (Å²) in [6.07, 6.45) is -1.10. The molecule has 0 aliphatic heterocycles. The lowest BCUT2D eigenvalue weighted by Crippen LogP contribution is -2.20. The van der Waals surface area contributed by atoms with Gasteiger partial charge in [0.05, 0.1) is 12.3 Å². The molecular formula is C18H16F3N5O.